The van der Waals surface area contributed by atoms with Gasteiger partial charge in [0.2, 0.25) is 11.8 Å². The molecule has 5 aliphatic heterocycles. The Morgan fingerprint density at radius 1 is 0.913 bits per heavy atom. The van der Waals surface area contributed by atoms with Crippen molar-refractivity contribution in [1.82, 2.24) is 45.7 Å². The number of halogens is 2. The Bertz CT molecular complexity index is 2860. The summed E-state index contributed by atoms with van der Waals surface area (Å²) in [6, 6.07) is 9.08. The van der Waals surface area contributed by atoms with Crippen molar-refractivity contribution >= 4 is 50.9 Å². The summed E-state index contributed by atoms with van der Waals surface area (Å²) < 4.78 is 38.6. The number of carbonyl (C=O) groups is 3. The fourth-order valence-corrected chi connectivity index (χ4v) is 11.1. The Morgan fingerprint density at radius 3 is 2.41 bits per heavy atom. The molecule has 1 saturated carbocycles. The van der Waals surface area contributed by atoms with E-state index in [9.17, 15) is 19.5 Å². The third kappa shape index (κ3) is 9.22. The molecular weight excluding hydrogens is 885 g/mol. The fourth-order valence-electron chi connectivity index (χ4n) is 11.1. The van der Waals surface area contributed by atoms with Crippen molar-refractivity contribution in [3.8, 4) is 35.4 Å². The number of benzene rings is 2. The molecule has 6 fully saturated rings. The lowest BCUT2D eigenvalue weighted by Crippen LogP contribution is -2.52. The molecule has 8 heterocycles. The molecule has 4 N–H and O–H groups in total. The molecule has 3 aromatic heterocycles. The first-order valence-corrected chi connectivity index (χ1v) is 24.2. The van der Waals surface area contributed by atoms with Gasteiger partial charge in [-0.15, -0.1) is 6.42 Å². The first-order chi connectivity index (χ1) is 33.5. The molecule has 6 aliphatic rings. The second-order valence-corrected chi connectivity index (χ2v) is 19.9. The summed E-state index contributed by atoms with van der Waals surface area (Å²) in [5.41, 5.74) is 1.19. The molecule has 3 amide bonds. The van der Waals surface area contributed by atoms with E-state index >= 15 is 8.78 Å². The van der Waals surface area contributed by atoms with Gasteiger partial charge in [0, 0.05) is 93.4 Å². The molecule has 358 valence electrons. The monoisotopic (exact) mass is 939 g/mol. The summed E-state index contributed by atoms with van der Waals surface area (Å²) in [4.78, 5) is 64.4. The predicted octanol–water partition coefficient (Wildman–Crippen LogP) is 4.37. The van der Waals surface area contributed by atoms with Crippen LogP contribution in [-0.2, 0) is 9.59 Å². The number of fused-ring (bicyclic) bond motifs is 4. The van der Waals surface area contributed by atoms with E-state index in [-0.39, 0.29) is 69.3 Å². The molecule has 5 saturated heterocycles. The van der Waals surface area contributed by atoms with Crippen LogP contribution in [0.25, 0.3) is 32.9 Å². The highest BCUT2D eigenvalue weighted by Crippen LogP contribution is 2.47. The predicted molar refractivity (Wildman–Crippen MR) is 255 cm³/mol. The number of phenols is 1. The number of nitrogens with zero attached hydrogens (tertiary/aromatic N) is 8. The van der Waals surface area contributed by atoms with E-state index in [0.29, 0.717) is 54.3 Å². The van der Waals surface area contributed by atoms with Gasteiger partial charge in [-0.3, -0.25) is 29.6 Å². The van der Waals surface area contributed by atoms with Gasteiger partial charge >= 0.3 is 6.01 Å². The normalized spacial score (nSPS) is 23.0. The fraction of sp³-hybridized carbons (Fsp3) is 0.471. The van der Waals surface area contributed by atoms with Gasteiger partial charge in [-0.05, 0) is 99.7 Å². The molecule has 0 spiro atoms. The van der Waals surface area contributed by atoms with Gasteiger partial charge in [-0.1, -0.05) is 12.0 Å². The second-order valence-electron chi connectivity index (χ2n) is 19.9. The van der Waals surface area contributed by atoms with Crippen LogP contribution in [0, 0.1) is 35.3 Å². The van der Waals surface area contributed by atoms with Gasteiger partial charge < -0.3 is 35.2 Å². The van der Waals surface area contributed by atoms with Crippen LogP contribution in [0.2, 0.25) is 0 Å². The number of aromatic nitrogens is 4. The molecule has 11 rings (SSSR count). The molecule has 16 nitrogen and oxygen atoms in total. The van der Waals surface area contributed by atoms with Crippen LogP contribution in [0.1, 0.15) is 67.4 Å². The maximum Gasteiger partial charge on any atom is 0.319 e. The minimum atomic E-state index is -0.747. The third-order valence-electron chi connectivity index (χ3n) is 15.1. The lowest BCUT2D eigenvalue weighted by molar-refractivity contribution is -0.134. The van der Waals surface area contributed by atoms with E-state index in [4.69, 9.17) is 21.1 Å². The quantitative estimate of drug-likeness (QED) is 0.102. The van der Waals surface area contributed by atoms with Gasteiger partial charge in [-0.25, -0.2) is 13.8 Å². The van der Waals surface area contributed by atoms with Crippen LogP contribution < -0.4 is 30.5 Å². The molecule has 18 heteroatoms. The number of aromatic hydroxyl groups is 1. The number of rotatable bonds is 12. The van der Waals surface area contributed by atoms with Crippen molar-refractivity contribution in [3.63, 3.8) is 0 Å². The van der Waals surface area contributed by atoms with E-state index in [0.717, 1.165) is 96.6 Å². The van der Waals surface area contributed by atoms with Gasteiger partial charge in [0.05, 0.1) is 29.4 Å². The maximum atomic E-state index is 17.1. The average molecular weight is 940 g/mol. The van der Waals surface area contributed by atoms with Crippen LogP contribution in [0.5, 0.6) is 11.8 Å². The third-order valence-corrected chi connectivity index (χ3v) is 15.1. The zero-order valence-electron chi connectivity index (χ0n) is 38.4. The number of pyridine rings is 2. The number of hydrogen-bond donors (Lipinski definition) is 4. The number of piperidine rings is 2. The molecule has 2 bridgehead atoms. The van der Waals surface area contributed by atoms with Crippen molar-refractivity contribution in [3.05, 3.63) is 71.7 Å². The van der Waals surface area contributed by atoms with Crippen molar-refractivity contribution < 1.29 is 33.0 Å². The summed E-state index contributed by atoms with van der Waals surface area (Å²) in [6.45, 7) is 9.40. The molecule has 0 radical (unpaired) electrons. The van der Waals surface area contributed by atoms with Crippen molar-refractivity contribution in [2.24, 2.45) is 11.3 Å². The number of phenolic OH excluding ortho intramolecular Hbond substituents is 1. The smallest absolute Gasteiger partial charge is 0.319 e. The molecule has 3 unspecified atom stereocenters. The minimum absolute atomic E-state index is 0.0382. The zero-order valence-corrected chi connectivity index (χ0v) is 38.4. The van der Waals surface area contributed by atoms with Crippen LogP contribution in [0.4, 0.5) is 20.3 Å². The number of ether oxygens (including phenoxy) is 1. The van der Waals surface area contributed by atoms with Crippen LogP contribution in [-0.4, -0.2) is 143 Å². The Hall–Kier alpha value is -6.55. The second kappa shape index (κ2) is 18.4. The minimum Gasteiger partial charge on any atom is -0.508 e. The summed E-state index contributed by atoms with van der Waals surface area (Å²) >= 11 is 0. The topological polar surface area (TPSA) is 181 Å². The van der Waals surface area contributed by atoms with Crippen LogP contribution in [0.3, 0.4) is 0 Å². The summed E-state index contributed by atoms with van der Waals surface area (Å²) in [5, 5.41) is 20.5. The number of anilines is 2. The number of likely N-dealkylation sites (tertiary alicyclic amines) is 1. The van der Waals surface area contributed by atoms with Crippen LogP contribution >= 0.6 is 0 Å². The zero-order chi connectivity index (χ0) is 47.4. The molecule has 2 aromatic carbocycles. The van der Waals surface area contributed by atoms with Gasteiger partial charge in [-0.2, -0.15) is 9.97 Å². The maximum absolute atomic E-state index is 17.1. The largest absolute Gasteiger partial charge is 0.508 e. The molecule has 1 aliphatic carbocycles. The van der Waals surface area contributed by atoms with Crippen molar-refractivity contribution in [2.75, 3.05) is 81.9 Å². The molecule has 5 aromatic rings. The van der Waals surface area contributed by atoms with E-state index < -0.39 is 29.5 Å². The highest BCUT2D eigenvalue weighted by molar-refractivity contribution is 6.04. The van der Waals surface area contributed by atoms with E-state index in [1.165, 1.54) is 24.3 Å². The van der Waals surface area contributed by atoms with Gasteiger partial charge in [0.25, 0.3) is 5.91 Å². The Balaban J connectivity index is 0.714. The number of nitrogens with one attached hydrogen (secondary N) is 3. The van der Waals surface area contributed by atoms with Crippen LogP contribution in [0.15, 0.2) is 48.8 Å². The lowest BCUT2D eigenvalue weighted by Gasteiger charge is -2.40. The van der Waals surface area contributed by atoms with Gasteiger partial charge in [0.1, 0.15) is 40.3 Å². The summed E-state index contributed by atoms with van der Waals surface area (Å²) in [6.07, 6.45) is 15.9. The Labute approximate surface area is 398 Å². The number of carbonyl (C=O) groups excluding carboxylic acids is 3. The molecular formula is C51H55F2N11O5. The van der Waals surface area contributed by atoms with Gasteiger partial charge in [0.15, 0.2) is 5.82 Å². The number of imide groups is 1. The number of piperazine rings is 2. The standard InChI is InChI=1S/C51H55F2N11O5/c1-2-36-39(52)7-3-31-21-35(65)22-37(43(31)36)45-44(53)46-38(24-55-45)47(64-26-32-4-5-33(27-64)56-32)60-50(59-46)69-29-51(13-14-51)28-62-15-11-30(12-16-62)25-61-17-19-63(20-18-61)34-6-8-40(54-23-34)48(67)57-41-9-10-42(66)58-49(41)68/h1,3,6-8,21-24,30,32-33,41,56,65H,4-5,9-20,25-29H2,(H,57,67)(H,58,66,68). The van der Waals surface area contributed by atoms with E-state index in [2.05, 4.69) is 51.4 Å². The molecule has 69 heavy (non-hydrogen) atoms. The first kappa shape index (κ1) is 44.9. The number of amides is 3. The Morgan fingerprint density at radius 2 is 1.70 bits per heavy atom. The van der Waals surface area contributed by atoms with Crippen molar-refractivity contribution in [1.29, 1.82) is 0 Å². The number of hydrogen-bond acceptors (Lipinski definition) is 14. The highest BCUT2D eigenvalue weighted by atomic mass is 19.1. The lowest BCUT2D eigenvalue weighted by atomic mass is 9.94. The average Bonchev–Trinajstić information content (AvgIpc) is 4.04. The Kier molecular flexibility index (Phi) is 12.0. The first-order valence-electron chi connectivity index (χ1n) is 24.2. The summed E-state index contributed by atoms with van der Waals surface area (Å²) in [5.74, 6) is 0.830. The summed E-state index contributed by atoms with van der Waals surface area (Å²) in [7, 11) is 0. The SMILES string of the molecule is C#Cc1c(F)ccc2cc(O)cc(-c3ncc4c(N5CC6CCC(C5)N6)nc(OCC5(CN6CCC(CN7CCN(c8ccc(C(=O)NC9CCC(=O)NC9=O)nc8)CC7)CC6)CC5)nc4c3F)c12. The van der Waals surface area contributed by atoms with E-state index in [1.807, 2.05) is 6.07 Å². The highest BCUT2D eigenvalue weighted by Gasteiger charge is 2.46. The number of terminal acetylenes is 1. The van der Waals surface area contributed by atoms with E-state index in [1.54, 1.807) is 18.5 Å². The molecule has 3 atom stereocenters. The van der Waals surface area contributed by atoms with Crippen molar-refractivity contribution in [2.45, 2.75) is 69.5 Å².